The Balaban J connectivity index is 3.20. The van der Waals surface area contributed by atoms with Gasteiger partial charge in [-0.2, -0.15) is 0 Å². The van der Waals surface area contributed by atoms with Crippen LogP contribution in [-0.4, -0.2) is 0 Å². The molecule has 0 saturated heterocycles. The summed E-state index contributed by atoms with van der Waals surface area (Å²) in [7, 11) is 0. The summed E-state index contributed by atoms with van der Waals surface area (Å²) in [4.78, 5) is 0. The molecule has 0 heterocycles. The van der Waals surface area contributed by atoms with E-state index in [0.29, 0.717) is 6.90 Å². The molecular weight excluding hydrogens is 84.1 g/mol. The highest BCUT2D eigenvalue weighted by molar-refractivity contribution is 4.78. The Bertz CT molecular complexity index is 79.0. The van der Waals surface area contributed by atoms with Crippen molar-refractivity contribution < 1.29 is 2.74 Å². The highest BCUT2D eigenvalue weighted by Crippen LogP contribution is 1.88. The molecule has 0 aromatic carbocycles. The summed E-state index contributed by atoms with van der Waals surface area (Å²) in [6.07, 6.45) is 5.36. The van der Waals surface area contributed by atoms with Crippen molar-refractivity contribution in [1.82, 2.24) is 0 Å². The lowest BCUT2D eigenvalue weighted by molar-refractivity contribution is 0.952. The summed E-state index contributed by atoms with van der Waals surface area (Å²) in [6.45, 7) is 2.43. The van der Waals surface area contributed by atoms with Gasteiger partial charge in [-0.05, 0) is 12.8 Å². The maximum atomic E-state index is 7.25. The summed E-state index contributed by atoms with van der Waals surface area (Å²) in [6, 6.07) is 0. The van der Waals surface area contributed by atoms with Crippen LogP contribution >= 0.6 is 0 Å². The Morgan fingerprint density at radius 1 is 1.71 bits per heavy atom. The highest BCUT2D eigenvalue weighted by atomic mass is 13.7. The molecule has 0 nitrogen and oxygen atoms in total. The normalized spacial score (nSPS) is 19.0. The first-order valence-electron chi connectivity index (χ1n) is 3.97. The minimum Gasteiger partial charge on any atom is -0.0888 e. The van der Waals surface area contributed by atoms with Gasteiger partial charge < -0.3 is 0 Å². The van der Waals surface area contributed by atoms with Gasteiger partial charge in [0.05, 0.1) is 0 Å². The number of rotatable bonds is 3. The Morgan fingerprint density at radius 3 is 3.14 bits per heavy atom. The van der Waals surface area contributed by atoms with Crippen molar-refractivity contribution in [3.63, 3.8) is 0 Å². The molecule has 42 valence electrons. The van der Waals surface area contributed by atoms with Crippen LogP contribution in [0, 0.1) is 0 Å². The van der Waals surface area contributed by atoms with Crippen LogP contribution in [0.25, 0.3) is 0 Å². The van der Waals surface area contributed by atoms with E-state index in [0.717, 1.165) is 12.8 Å². The van der Waals surface area contributed by atoms with Gasteiger partial charge in [0.1, 0.15) is 0 Å². The van der Waals surface area contributed by atoms with E-state index in [9.17, 15) is 0 Å². The predicted octanol–water partition coefficient (Wildman–Crippen LogP) is 2.75. The highest BCUT2D eigenvalue weighted by Gasteiger charge is 1.68. The monoisotopic (exact) mass is 100 g/mol. The third kappa shape index (κ3) is 5.74. The molecule has 0 amide bonds. The van der Waals surface area contributed by atoms with Gasteiger partial charge in [0, 0.05) is 2.74 Å². The summed E-state index contributed by atoms with van der Waals surface area (Å²) in [5, 5.41) is 0. The van der Waals surface area contributed by atoms with Gasteiger partial charge in [-0.3, -0.25) is 0 Å². The van der Waals surface area contributed by atoms with Crippen molar-refractivity contribution >= 4 is 0 Å². The van der Waals surface area contributed by atoms with Crippen molar-refractivity contribution in [3.8, 4) is 0 Å². The standard InChI is InChI=1S/C7H14/c1-3-5-7-6-4-2/h5,7H,3-4,6H2,1-2H3/i1D,6D. The quantitative estimate of drug-likeness (QED) is 0.478. The van der Waals surface area contributed by atoms with Gasteiger partial charge in [0.25, 0.3) is 0 Å². The smallest absolute Gasteiger partial charge is 0.0310 e. The minimum absolute atomic E-state index is 0.0588. The topological polar surface area (TPSA) is 0 Å². The maximum Gasteiger partial charge on any atom is 0.0310 e. The van der Waals surface area contributed by atoms with Crippen LogP contribution in [0.3, 0.4) is 0 Å². The van der Waals surface area contributed by atoms with E-state index in [1.165, 1.54) is 0 Å². The molecule has 1 atom stereocenters. The Hall–Kier alpha value is -0.260. The molecule has 0 fully saturated rings. The first-order chi connectivity index (χ1) is 4.31. The van der Waals surface area contributed by atoms with Gasteiger partial charge in [-0.1, -0.05) is 32.4 Å². The van der Waals surface area contributed by atoms with Crippen LogP contribution in [0.2, 0.25) is 0 Å². The molecule has 0 spiro atoms. The lowest BCUT2D eigenvalue weighted by Crippen LogP contribution is -1.58. The molecular formula is C7H14. The second-order valence-corrected chi connectivity index (χ2v) is 1.36. The number of hydrogen-bond acceptors (Lipinski definition) is 0. The fraction of sp³-hybridized carbons (Fsp3) is 0.714. The van der Waals surface area contributed by atoms with Crippen LogP contribution < -0.4 is 0 Å². The summed E-state index contributed by atoms with van der Waals surface area (Å²) < 4.78 is 14.0. The second-order valence-electron chi connectivity index (χ2n) is 1.36. The van der Waals surface area contributed by atoms with E-state index in [4.69, 9.17) is 2.74 Å². The molecule has 0 aliphatic heterocycles. The number of hydrogen-bond donors (Lipinski definition) is 0. The van der Waals surface area contributed by atoms with E-state index in [2.05, 4.69) is 0 Å². The van der Waals surface area contributed by atoms with Crippen LogP contribution in [0.1, 0.15) is 35.8 Å². The van der Waals surface area contributed by atoms with Gasteiger partial charge in [0.2, 0.25) is 0 Å². The molecule has 7 heavy (non-hydrogen) atoms. The lowest BCUT2D eigenvalue weighted by Gasteiger charge is -1.79. The van der Waals surface area contributed by atoms with Gasteiger partial charge in [0.15, 0.2) is 0 Å². The minimum atomic E-state index is -0.0588. The van der Waals surface area contributed by atoms with E-state index in [-0.39, 0.29) is 6.40 Å². The van der Waals surface area contributed by atoms with Gasteiger partial charge >= 0.3 is 0 Å². The Morgan fingerprint density at radius 2 is 2.57 bits per heavy atom. The zero-order valence-corrected chi connectivity index (χ0v) is 4.85. The Kier molecular flexibility index (Phi) is 3.04. The molecule has 0 aromatic heterocycles. The summed E-state index contributed by atoms with van der Waals surface area (Å²) in [5.41, 5.74) is 0. The average Bonchev–Trinajstić information content (AvgIpc) is 1.89. The molecule has 0 aromatic rings. The molecule has 0 rings (SSSR count). The SMILES string of the molecule is [2H]CCC=CC([2H])CC. The van der Waals surface area contributed by atoms with Crippen LogP contribution in [-0.2, 0) is 0 Å². The molecule has 0 N–H and O–H groups in total. The predicted molar refractivity (Wildman–Crippen MR) is 34.3 cm³/mol. The molecule has 1 unspecified atom stereocenters. The second kappa shape index (κ2) is 5.74. The van der Waals surface area contributed by atoms with E-state index >= 15 is 0 Å². The van der Waals surface area contributed by atoms with Crippen molar-refractivity contribution in [2.24, 2.45) is 0 Å². The van der Waals surface area contributed by atoms with Gasteiger partial charge in [-0.15, -0.1) is 0 Å². The largest absolute Gasteiger partial charge is 0.0888 e. The van der Waals surface area contributed by atoms with Crippen molar-refractivity contribution in [1.29, 1.82) is 0 Å². The van der Waals surface area contributed by atoms with Crippen LogP contribution in [0.4, 0.5) is 0 Å². The van der Waals surface area contributed by atoms with Crippen LogP contribution in [0.15, 0.2) is 12.2 Å². The fourth-order valence-electron chi connectivity index (χ4n) is 0.329. The Labute approximate surface area is 49.0 Å². The summed E-state index contributed by atoms with van der Waals surface area (Å²) >= 11 is 0. The number of allylic oxidation sites excluding steroid dienone is 2. The average molecular weight is 100 g/mol. The molecule has 0 saturated carbocycles. The maximum absolute atomic E-state index is 7.25. The van der Waals surface area contributed by atoms with Crippen molar-refractivity contribution in [2.75, 3.05) is 0 Å². The zero-order chi connectivity index (χ0) is 7.11. The van der Waals surface area contributed by atoms with Crippen LogP contribution in [0.5, 0.6) is 0 Å². The third-order valence-corrected chi connectivity index (χ3v) is 0.675. The molecule has 0 aliphatic rings. The van der Waals surface area contributed by atoms with Gasteiger partial charge in [-0.25, -0.2) is 0 Å². The van der Waals surface area contributed by atoms with E-state index < -0.39 is 0 Å². The van der Waals surface area contributed by atoms with E-state index in [1.807, 2.05) is 19.1 Å². The lowest BCUT2D eigenvalue weighted by atomic mass is 10.3. The third-order valence-electron chi connectivity index (χ3n) is 0.675. The molecule has 0 bridgehead atoms. The first-order valence-corrected chi connectivity index (χ1v) is 2.69. The molecule has 0 heteroatoms. The van der Waals surface area contributed by atoms with Crippen molar-refractivity contribution in [2.45, 2.75) is 33.1 Å². The van der Waals surface area contributed by atoms with Crippen molar-refractivity contribution in [3.05, 3.63) is 12.2 Å². The molecule has 0 aliphatic carbocycles. The summed E-state index contributed by atoms with van der Waals surface area (Å²) in [5.74, 6) is 0. The first kappa shape index (κ1) is 3.71. The fourth-order valence-corrected chi connectivity index (χ4v) is 0.329. The van der Waals surface area contributed by atoms with E-state index in [1.54, 1.807) is 0 Å². The molecule has 0 radical (unpaired) electrons. The zero-order valence-electron chi connectivity index (χ0n) is 6.85.